The molecule has 2 aromatic heterocycles. The fourth-order valence-electron chi connectivity index (χ4n) is 3.61. The zero-order chi connectivity index (χ0) is 20.3. The number of hydrogen-bond donors (Lipinski definition) is 2. The van der Waals surface area contributed by atoms with Crippen molar-refractivity contribution in [2.75, 3.05) is 5.73 Å². The van der Waals surface area contributed by atoms with Crippen LogP contribution in [0.5, 0.6) is 5.75 Å². The number of rotatable bonds is 2. The van der Waals surface area contributed by atoms with Crippen LogP contribution in [0, 0.1) is 5.82 Å². The molecule has 1 aliphatic heterocycles. The molecule has 0 radical (unpaired) electrons. The summed E-state index contributed by atoms with van der Waals surface area (Å²) in [6, 6.07) is 11.4. The van der Waals surface area contributed by atoms with E-state index < -0.39 is 11.8 Å². The fourth-order valence-corrected chi connectivity index (χ4v) is 4.68. The van der Waals surface area contributed by atoms with Crippen molar-refractivity contribution in [1.82, 2.24) is 4.98 Å². The van der Waals surface area contributed by atoms with Crippen LogP contribution in [0.4, 0.5) is 10.1 Å². The number of fused-ring (bicyclic) bond motifs is 4. The van der Waals surface area contributed by atoms with Crippen LogP contribution in [0.25, 0.3) is 32.6 Å². The third-order valence-electron chi connectivity index (χ3n) is 4.87. The highest BCUT2D eigenvalue weighted by molar-refractivity contribution is 7.21. The van der Waals surface area contributed by atoms with Crippen LogP contribution in [-0.2, 0) is 6.61 Å². The monoisotopic (exact) mass is 426 g/mol. The molecular formula is C21H12ClFN2O3S. The average Bonchev–Trinajstić information content (AvgIpc) is 3.04. The number of ether oxygens (including phenoxy) is 1. The molecule has 0 saturated heterocycles. The maximum Gasteiger partial charge on any atom is 0.348 e. The van der Waals surface area contributed by atoms with E-state index in [0.717, 1.165) is 28.0 Å². The van der Waals surface area contributed by atoms with Crippen LogP contribution < -0.4 is 10.5 Å². The molecule has 29 heavy (non-hydrogen) atoms. The van der Waals surface area contributed by atoms with Gasteiger partial charge in [-0.1, -0.05) is 23.7 Å². The van der Waals surface area contributed by atoms with Gasteiger partial charge in [-0.3, -0.25) is 0 Å². The van der Waals surface area contributed by atoms with Crippen molar-refractivity contribution in [3.05, 3.63) is 63.7 Å². The number of thiophene rings is 1. The third-order valence-corrected chi connectivity index (χ3v) is 6.21. The molecule has 0 fully saturated rings. The highest BCUT2D eigenvalue weighted by Gasteiger charge is 2.28. The second-order valence-corrected chi connectivity index (χ2v) is 8.02. The first-order valence-corrected chi connectivity index (χ1v) is 9.80. The van der Waals surface area contributed by atoms with E-state index in [4.69, 9.17) is 22.1 Å². The number of aromatic nitrogens is 1. The summed E-state index contributed by atoms with van der Waals surface area (Å²) in [4.78, 5) is 16.8. The van der Waals surface area contributed by atoms with Gasteiger partial charge in [0.2, 0.25) is 0 Å². The first kappa shape index (κ1) is 17.9. The molecule has 3 heterocycles. The van der Waals surface area contributed by atoms with Gasteiger partial charge in [-0.15, -0.1) is 11.3 Å². The van der Waals surface area contributed by atoms with Gasteiger partial charge in [-0.25, -0.2) is 14.2 Å². The van der Waals surface area contributed by atoms with Crippen LogP contribution in [0.2, 0.25) is 5.02 Å². The first-order chi connectivity index (χ1) is 13.9. The molecule has 0 atom stereocenters. The number of benzene rings is 2. The minimum atomic E-state index is -1.12. The lowest BCUT2D eigenvalue weighted by molar-refractivity contribution is 0.0703. The van der Waals surface area contributed by atoms with Crippen molar-refractivity contribution in [3.63, 3.8) is 0 Å². The van der Waals surface area contributed by atoms with Gasteiger partial charge in [0.15, 0.2) is 0 Å². The largest absolute Gasteiger partial charge is 0.488 e. The van der Waals surface area contributed by atoms with Crippen molar-refractivity contribution in [1.29, 1.82) is 0 Å². The number of anilines is 1. The summed E-state index contributed by atoms with van der Waals surface area (Å²) < 4.78 is 19.8. The Morgan fingerprint density at radius 3 is 2.72 bits per heavy atom. The van der Waals surface area contributed by atoms with E-state index in [9.17, 15) is 14.3 Å². The lowest BCUT2D eigenvalue weighted by Gasteiger charge is -2.23. The molecule has 0 bridgehead atoms. The van der Waals surface area contributed by atoms with Crippen LogP contribution in [0.3, 0.4) is 0 Å². The number of nitrogens with zero attached hydrogens (tertiary/aromatic N) is 1. The van der Waals surface area contributed by atoms with Gasteiger partial charge in [0, 0.05) is 27.1 Å². The van der Waals surface area contributed by atoms with Crippen LogP contribution >= 0.6 is 22.9 Å². The molecule has 0 amide bonds. The Kier molecular flexibility index (Phi) is 3.97. The Bertz CT molecular complexity index is 1320. The predicted octanol–water partition coefficient (Wildman–Crippen LogP) is 5.60. The van der Waals surface area contributed by atoms with Crippen LogP contribution in [0.1, 0.15) is 15.2 Å². The number of carboxylic acid groups (broad SMARTS) is 1. The number of pyridine rings is 1. The number of carbonyl (C=O) groups is 1. The molecule has 0 saturated carbocycles. The lowest BCUT2D eigenvalue weighted by Crippen LogP contribution is -2.10. The van der Waals surface area contributed by atoms with Gasteiger partial charge in [-0.2, -0.15) is 0 Å². The summed E-state index contributed by atoms with van der Waals surface area (Å²) in [5.74, 6) is -1.00. The van der Waals surface area contributed by atoms with Gasteiger partial charge < -0.3 is 15.6 Å². The molecule has 3 N–H and O–H groups in total. The molecule has 5 rings (SSSR count). The normalized spacial score (nSPS) is 12.3. The number of hydrogen-bond acceptors (Lipinski definition) is 5. The molecule has 144 valence electrons. The molecule has 0 spiro atoms. The molecule has 0 unspecified atom stereocenters. The minimum absolute atomic E-state index is 0.0189. The summed E-state index contributed by atoms with van der Waals surface area (Å²) in [5, 5.41) is 10.7. The smallest absolute Gasteiger partial charge is 0.348 e. The topological polar surface area (TPSA) is 85.4 Å². The molecule has 0 aliphatic carbocycles. The summed E-state index contributed by atoms with van der Waals surface area (Å²) in [5.41, 5.74) is 9.69. The molecular weight excluding hydrogens is 415 g/mol. The lowest BCUT2D eigenvalue weighted by atomic mass is 9.92. The molecule has 4 aromatic rings. The minimum Gasteiger partial charge on any atom is -0.488 e. The first-order valence-electron chi connectivity index (χ1n) is 8.61. The summed E-state index contributed by atoms with van der Waals surface area (Å²) >= 11 is 7.04. The van der Waals surface area contributed by atoms with Crippen molar-refractivity contribution in [2.45, 2.75) is 6.61 Å². The summed E-state index contributed by atoms with van der Waals surface area (Å²) in [7, 11) is 0. The second kappa shape index (κ2) is 6.43. The van der Waals surface area contributed by atoms with Crippen molar-refractivity contribution < 1.29 is 19.0 Å². The number of carboxylic acids is 1. The summed E-state index contributed by atoms with van der Waals surface area (Å²) in [6.45, 7) is 0.201. The molecule has 1 aliphatic rings. The van der Waals surface area contributed by atoms with Gasteiger partial charge in [0.1, 0.15) is 27.9 Å². The quantitative estimate of drug-likeness (QED) is 0.436. The third kappa shape index (κ3) is 2.73. The van der Waals surface area contributed by atoms with E-state index >= 15 is 0 Å². The van der Waals surface area contributed by atoms with Crippen molar-refractivity contribution in [2.24, 2.45) is 0 Å². The number of aromatic carboxylic acids is 1. The number of halogens is 2. The van der Waals surface area contributed by atoms with E-state index in [1.165, 1.54) is 12.1 Å². The van der Waals surface area contributed by atoms with Gasteiger partial charge in [0.05, 0.1) is 11.4 Å². The van der Waals surface area contributed by atoms with E-state index in [0.29, 0.717) is 32.2 Å². The predicted molar refractivity (Wildman–Crippen MR) is 111 cm³/mol. The Balaban J connectivity index is 1.92. The van der Waals surface area contributed by atoms with Crippen LogP contribution in [0.15, 0.2) is 42.5 Å². The van der Waals surface area contributed by atoms with E-state index in [1.807, 2.05) is 12.1 Å². The zero-order valence-electron chi connectivity index (χ0n) is 14.7. The Morgan fingerprint density at radius 2 is 2.00 bits per heavy atom. The van der Waals surface area contributed by atoms with Gasteiger partial charge >= 0.3 is 5.97 Å². The van der Waals surface area contributed by atoms with Gasteiger partial charge in [0.25, 0.3) is 0 Å². The summed E-state index contributed by atoms with van der Waals surface area (Å²) in [6.07, 6.45) is 0. The van der Waals surface area contributed by atoms with E-state index in [2.05, 4.69) is 4.98 Å². The standard InChI is InChI=1S/C21H12ClFN2O3S/c22-10-3-1-9(2-4-10)15-13-8-28-14-6-5-11(23)7-12(14)18(13)25-20-16(15)17(24)19(29-20)21(26)27/h1-7H,8,24H2,(H,26,27). The molecule has 5 nitrogen and oxygen atoms in total. The highest BCUT2D eigenvalue weighted by atomic mass is 35.5. The Labute approximate surface area is 173 Å². The van der Waals surface area contributed by atoms with Gasteiger partial charge in [-0.05, 0) is 35.9 Å². The SMILES string of the molecule is Nc1c(C(=O)O)sc2nc3c(c(-c4ccc(Cl)cc4)c12)COc1ccc(F)cc1-3. The Morgan fingerprint density at radius 1 is 1.24 bits per heavy atom. The number of nitrogen functional groups attached to an aromatic ring is 1. The Hall–Kier alpha value is -3.16. The zero-order valence-corrected chi connectivity index (χ0v) is 16.3. The fraction of sp³-hybridized carbons (Fsp3) is 0.0476. The maximum atomic E-state index is 14.0. The second-order valence-electron chi connectivity index (χ2n) is 6.58. The van der Waals surface area contributed by atoms with Crippen molar-refractivity contribution >= 4 is 44.8 Å². The average molecular weight is 427 g/mol. The van der Waals surface area contributed by atoms with Crippen molar-refractivity contribution in [3.8, 4) is 28.1 Å². The van der Waals surface area contributed by atoms with E-state index in [1.54, 1.807) is 18.2 Å². The molecule has 8 heteroatoms. The maximum absolute atomic E-state index is 14.0. The highest BCUT2D eigenvalue weighted by Crippen LogP contribution is 2.47. The number of nitrogens with two attached hydrogens (primary N) is 1. The van der Waals surface area contributed by atoms with E-state index in [-0.39, 0.29) is 17.2 Å². The molecule has 2 aromatic carbocycles. The van der Waals surface area contributed by atoms with Crippen LogP contribution in [-0.4, -0.2) is 16.1 Å².